The van der Waals surface area contributed by atoms with Crippen LogP contribution in [0.3, 0.4) is 0 Å². The van der Waals surface area contributed by atoms with E-state index >= 15 is 0 Å². The largest absolute Gasteiger partial charge is 0.339 e. The highest BCUT2D eigenvalue weighted by molar-refractivity contribution is 9.11. The third-order valence-corrected chi connectivity index (χ3v) is 4.90. The average molecular weight is 331 g/mol. The predicted octanol–water partition coefficient (Wildman–Crippen LogP) is 2.97. The number of nitrogens with one attached hydrogen (secondary N) is 1. The van der Waals surface area contributed by atoms with Crippen LogP contribution in [-0.2, 0) is 0 Å². The topological polar surface area (TPSA) is 32.3 Å². The Labute approximate surface area is 121 Å². The van der Waals surface area contributed by atoms with Crippen molar-refractivity contribution >= 4 is 33.2 Å². The van der Waals surface area contributed by atoms with Gasteiger partial charge in [0.25, 0.3) is 5.91 Å². The van der Waals surface area contributed by atoms with E-state index in [2.05, 4.69) is 28.2 Å². The molecule has 3 nitrogen and oxygen atoms in total. The summed E-state index contributed by atoms with van der Waals surface area (Å²) < 4.78 is 1.02. The van der Waals surface area contributed by atoms with E-state index in [-0.39, 0.29) is 5.91 Å². The van der Waals surface area contributed by atoms with Crippen LogP contribution in [0.25, 0.3) is 0 Å². The molecule has 5 heteroatoms. The smallest absolute Gasteiger partial charge is 0.254 e. The van der Waals surface area contributed by atoms with Crippen molar-refractivity contribution in [2.24, 2.45) is 5.92 Å². The van der Waals surface area contributed by atoms with Gasteiger partial charge in [0.2, 0.25) is 0 Å². The third kappa shape index (κ3) is 3.56. The second kappa shape index (κ2) is 6.68. The minimum atomic E-state index is 0.179. The second-order valence-corrected chi connectivity index (χ2v) is 6.97. The molecule has 18 heavy (non-hydrogen) atoms. The lowest BCUT2D eigenvalue weighted by atomic mass is 9.96. The number of hydrogen-bond donors (Lipinski definition) is 1. The lowest BCUT2D eigenvalue weighted by Crippen LogP contribution is -2.40. The fraction of sp³-hybridized carbons (Fsp3) is 0.615. The van der Waals surface area contributed by atoms with Gasteiger partial charge in [0.05, 0.1) is 9.35 Å². The number of amides is 1. The van der Waals surface area contributed by atoms with Gasteiger partial charge in [-0.25, -0.2) is 0 Å². The summed E-state index contributed by atoms with van der Waals surface area (Å²) in [5.74, 6) is 0.905. The van der Waals surface area contributed by atoms with E-state index in [1.54, 1.807) is 11.3 Å². The number of halogens is 1. The van der Waals surface area contributed by atoms with Crippen LogP contribution < -0.4 is 5.32 Å². The molecule has 1 aromatic heterocycles. The van der Waals surface area contributed by atoms with Crippen LogP contribution in [0.5, 0.6) is 0 Å². The Balaban J connectivity index is 1.84. The van der Waals surface area contributed by atoms with E-state index in [1.807, 2.05) is 16.3 Å². The van der Waals surface area contributed by atoms with E-state index in [9.17, 15) is 4.79 Å². The average Bonchev–Trinajstić information content (AvgIpc) is 2.83. The van der Waals surface area contributed by atoms with Gasteiger partial charge in [-0.1, -0.05) is 6.92 Å². The quantitative estimate of drug-likeness (QED) is 0.920. The number of nitrogens with zero attached hydrogens (tertiary/aromatic N) is 1. The van der Waals surface area contributed by atoms with Crippen LogP contribution in [-0.4, -0.2) is 37.0 Å². The van der Waals surface area contributed by atoms with Crippen LogP contribution in [0, 0.1) is 5.92 Å². The summed E-state index contributed by atoms with van der Waals surface area (Å²) in [6, 6.07) is 1.91. The minimum Gasteiger partial charge on any atom is -0.339 e. The van der Waals surface area contributed by atoms with Gasteiger partial charge in [-0.2, -0.15) is 0 Å². The maximum atomic E-state index is 12.2. The first-order valence-electron chi connectivity index (χ1n) is 6.44. The number of piperidine rings is 1. The molecule has 1 saturated heterocycles. The Morgan fingerprint density at radius 2 is 2.28 bits per heavy atom. The second-order valence-electron chi connectivity index (χ2n) is 4.68. The van der Waals surface area contributed by atoms with Crippen molar-refractivity contribution in [1.82, 2.24) is 10.2 Å². The van der Waals surface area contributed by atoms with Gasteiger partial charge in [-0.05, 0) is 53.8 Å². The molecule has 0 aliphatic carbocycles. The first-order valence-corrected chi connectivity index (χ1v) is 8.12. The first-order chi connectivity index (χ1) is 8.70. The SMILES string of the molecule is CCNCC1CCN(C(=O)c2csc(Br)c2)CC1. The van der Waals surface area contributed by atoms with Gasteiger partial charge in [-0.3, -0.25) is 4.79 Å². The molecular formula is C13H19BrN2OS. The monoisotopic (exact) mass is 330 g/mol. The van der Waals surface area contributed by atoms with Crippen LogP contribution in [0.15, 0.2) is 15.2 Å². The number of carbonyl (C=O) groups excluding carboxylic acids is 1. The molecule has 0 radical (unpaired) electrons. The zero-order valence-electron chi connectivity index (χ0n) is 10.6. The lowest BCUT2D eigenvalue weighted by molar-refractivity contribution is 0.0691. The molecular weight excluding hydrogens is 312 g/mol. The van der Waals surface area contributed by atoms with Crippen LogP contribution in [0.4, 0.5) is 0 Å². The zero-order valence-corrected chi connectivity index (χ0v) is 13.0. The maximum absolute atomic E-state index is 12.2. The Bertz CT molecular complexity index is 399. The summed E-state index contributed by atoms with van der Waals surface area (Å²) in [5, 5.41) is 5.32. The third-order valence-electron chi connectivity index (χ3n) is 3.40. The van der Waals surface area contributed by atoms with E-state index in [1.165, 1.54) is 0 Å². The molecule has 0 unspecified atom stereocenters. The molecule has 0 aromatic carbocycles. The molecule has 1 aromatic rings. The van der Waals surface area contributed by atoms with Gasteiger partial charge < -0.3 is 10.2 Å². The Hall–Kier alpha value is -0.390. The molecule has 1 aliphatic heterocycles. The molecule has 0 bridgehead atoms. The van der Waals surface area contributed by atoms with Gasteiger partial charge in [0, 0.05) is 18.5 Å². The highest BCUT2D eigenvalue weighted by Crippen LogP contribution is 2.24. The number of likely N-dealkylation sites (tertiary alicyclic amines) is 1. The first kappa shape index (κ1) is 14.0. The summed E-state index contributed by atoms with van der Waals surface area (Å²) in [6.45, 7) is 6.03. The van der Waals surface area contributed by atoms with Gasteiger partial charge in [0.15, 0.2) is 0 Å². The molecule has 1 aliphatic rings. The number of thiophene rings is 1. The van der Waals surface area contributed by atoms with Crippen molar-refractivity contribution in [3.8, 4) is 0 Å². The normalized spacial score (nSPS) is 17.1. The summed E-state index contributed by atoms with van der Waals surface area (Å²) in [6.07, 6.45) is 2.23. The molecule has 1 N–H and O–H groups in total. The van der Waals surface area contributed by atoms with Crippen molar-refractivity contribution < 1.29 is 4.79 Å². The molecule has 2 heterocycles. The number of hydrogen-bond acceptors (Lipinski definition) is 3. The molecule has 1 amide bonds. The summed E-state index contributed by atoms with van der Waals surface area (Å²) in [4.78, 5) is 14.2. The highest BCUT2D eigenvalue weighted by atomic mass is 79.9. The van der Waals surface area contributed by atoms with Crippen LogP contribution in [0.2, 0.25) is 0 Å². The lowest BCUT2D eigenvalue weighted by Gasteiger charge is -2.32. The van der Waals surface area contributed by atoms with Crippen molar-refractivity contribution in [3.63, 3.8) is 0 Å². The van der Waals surface area contributed by atoms with E-state index < -0.39 is 0 Å². The fourth-order valence-corrected chi connectivity index (χ4v) is 3.42. The summed E-state index contributed by atoms with van der Waals surface area (Å²) >= 11 is 4.97. The Kier molecular flexibility index (Phi) is 5.21. The van der Waals surface area contributed by atoms with Crippen molar-refractivity contribution in [1.29, 1.82) is 0 Å². The molecule has 0 saturated carbocycles. The number of carbonyl (C=O) groups is 1. The molecule has 0 spiro atoms. The fourth-order valence-electron chi connectivity index (χ4n) is 2.29. The molecule has 100 valence electrons. The van der Waals surface area contributed by atoms with E-state index in [4.69, 9.17) is 0 Å². The molecule has 0 atom stereocenters. The Morgan fingerprint density at radius 1 is 1.56 bits per heavy atom. The molecule has 2 rings (SSSR count). The van der Waals surface area contributed by atoms with Gasteiger partial charge in [-0.15, -0.1) is 11.3 Å². The summed E-state index contributed by atoms with van der Waals surface area (Å²) in [7, 11) is 0. The minimum absolute atomic E-state index is 0.179. The van der Waals surface area contributed by atoms with Crippen LogP contribution in [0.1, 0.15) is 30.1 Å². The zero-order chi connectivity index (χ0) is 13.0. The predicted molar refractivity (Wildman–Crippen MR) is 79.2 cm³/mol. The van der Waals surface area contributed by atoms with Crippen molar-refractivity contribution in [3.05, 3.63) is 20.8 Å². The standard InChI is InChI=1S/C13H19BrN2OS/c1-2-15-8-10-3-5-16(6-4-10)13(17)11-7-12(14)18-9-11/h7,9-10,15H,2-6,8H2,1H3. The van der Waals surface area contributed by atoms with Gasteiger partial charge >= 0.3 is 0 Å². The summed E-state index contributed by atoms with van der Waals surface area (Å²) in [5.41, 5.74) is 0.817. The van der Waals surface area contributed by atoms with E-state index in [0.29, 0.717) is 0 Å². The number of rotatable bonds is 4. The van der Waals surface area contributed by atoms with Crippen molar-refractivity contribution in [2.75, 3.05) is 26.2 Å². The maximum Gasteiger partial charge on any atom is 0.254 e. The van der Waals surface area contributed by atoms with Crippen LogP contribution >= 0.6 is 27.3 Å². The Morgan fingerprint density at radius 3 is 2.83 bits per heavy atom. The van der Waals surface area contributed by atoms with E-state index in [0.717, 1.165) is 54.3 Å². The molecule has 1 fully saturated rings. The highest BCUT2D eigenvalue weighted by Gasteiger charge is 2.23. The van der Waals surface area contributed by atoms with Crippen molar-refractivity contribution in [2.45, 2.75) is 19.8 Å². The van der Waals surface area contributed by atoms with Gasteiger partial charge in [0.1, 0.15) is 0 Å².